The minimum atomic E-state index is -3.46. The van der Waals surface area contributed by atoms with E-state index in [1.54, 1.807) is 6.92 Å². The summed E-state index contributed by atoms with van der Waals surface area (Å²) in [4.78, 5) is 0. The van der Waals surface area contributed by atoms with Crippen LogP contribution in [0.15, 0.2) is 30.3 Å². The minimum absolute atomic E-state index is 0.0685. The lowest BCUT2D eigenvalue weighted by Gasteiger charge is -2.24. The van der Waals surface area contributed by atoms with Crippen LogP contribution in [0.3, 0.4) is 0 Å². The molecule has 3 N–H and O–H groups in total. The van der Waals surface area contributed by atoms with E-state index in [9.17, 15) is 8.42 Å². The Hall–Kier alpha value is -0.950. The number of sulfonamides is 1. The van der Waals surface area contributed by atoms with E-state index < -0.39 is 15.3 Å². The van der Waals surface area contributed by atoms with Crippen molar-refractivity contribution in [1.29, 1.82) is 0 Å². The van der Waals surface area contributed by atoms with Crippen molar-refractivity contribution >= 4 is 10.0 Å². The summed E-state index contributed by atoms with van der Waals surface area (Å²) in [7, 11) is -3.46. The largest absolute Gasteiger partial charge is 0.395 e. The van der Waals surface area contributed by atoms with Gasteiger partial charge in [-0.15, -0.1) is 0 Å². The van der Waals surface area contributed by atoms with Gasteiger partial charge in [-0.3, -0.25) is 0 Å². The van der Waals surface area contributed by atoms with Crippen LogP contribution in [0.2, 0.25) is 0 Å². The van der Waals surface area contributed by atoms with E-state index in [0.29, 0.717) is 0 Å². The summed E-state index contributed by atoms with van der Waals surface area (Å²) in [5.74, 6) is 0. The molecule has 1 aromatic rings. The smallest absolute Gasteiger partial charge is 0.218 e. The lowest BCUT2D eigenvalue weighted by Crippen LogP contribution is -2.41. The van der Waals surface area contributed by atoms with Crippen LogP contribution in [0.25, 0.3) is 0 Å². The van der Waals surface area contributed by atoms with Gasteiger partial charge in [-0.05, 0) is 12.5 Å². The maximum absolute atomic E-state index is 12.2. The summed E-state index contributed by atoms with van der Waals surface area (Å²) >= 11 is 0. The standard InChI is InChI=1S/C12H20N2O3S/c1-11(9-13)18(16,17)14(7-8-15)10-12-5-3-2-4-6-12/h2-6,11,15H,7-10,13H2,1H3. The van der Waals surface area contributed by atoms with Crippen LogP contribution in [0.4, 0.5) is 0 Å². The van der Waals surface area contributed by atoms with Crippen LogP contribution >= 0.6 is 0 Å². The zero-order chi connectivity index (χ0) is 13.6. The third kappa shape index (κ3) is 3.78. The first-order valence-electron chi connectivity index (χ1n) is 5.86. The van der Waals surface area contributed by atoms with E-state index in [2.05, 4.69) is 0 Å². The van der Waals surface area contributed by atoms with Gasteiger partial charge in [0.15, 0.2) is 0 Å². The Morgan fingerprint density at radius 1 is 1.33 bits per heavy atom. The maximum atomic E-state index is 12.2. The second-order valence-corrected chi connectivity index (χ2v) is 6.49. The highest BCUT2D eigenvalue weighted by Crippen LogP contribution is 2.13. The highest BCUT2D eigenvalue weighted by molar-refractivity contribution is 7.89. The zero-order valence-electron chi connectivity index (χ0n) is 10.5. The SMILES string of the molecule is CC(CN)S(=O)(=O)N(CCO)Cc1ccccc1. The predicted molar refractivity (Wildman–Crippen MR) is 71.4 cm³/mol. The fraction of sp³-hybridized carbons (Fsp3) is 0.500. The summed E-state index contributed by atoms with van der Waals surface area (Å²) in [6, 6.07) is 9.29. The highest BCUT2D eigenvalue weighted by Gasteiger charge is 2.27. The molecule has 0 fully saturated rings. The predicted octanol–water partition coefficient (Wildman–Crippen LogP) is 0.158. The molecule has 18 heavy (non-hydrogen) atoms. The van der Waals surface area contributed by atoms with Gasteiger partial charge < -0.3 is 10.8 Å². The van der Waals surface area contributed by atoms with Crippen LogP contribution < -0.4 is 5.73 Å². The normalized spacial score (nSPS) is 13.8. The van der Waals surface area contributed by atoms with Gasteiger partial charge in [0.05, 0.1) is 11.9 Å². The van der Waals surface area contributed by atoms with E-state index >= 15 is 0 Å². The van der Waals surface area contributed by atoms with Crippen LogP contribution in [0.1, 0.15) is 12.5 Å². The van der Waals surface area contributed by atoms with Crippen molar-refractivity contribution in [2.24, 2.45) is 5.73 Å². The molecule has 1 aromatic carbocycles. The number of aliphatic hydroxyl groups excluding tert-OH is 1. The van der Waals surface area contributed by atoms with Gasteiger partial charge in [-0.1, -0.05) is 30.3 Å². The molecular formula is C12H20N2O3S. The Morgan fingerprint density at radius 3 is 2.44 bits per heavy atom. The Bertz CT molecular complexity index is 448. The van der Waals surface area contributed by atoms with Gasteiger partial charge in [-0.25, -0.2) is 8.42 Å². The molecule has 0 radical (unpaired) electrons. The van der Waals surface area contributed by atoms with Crippen LogP contribution in [-0.4, -0.2) is 42.8 Å². The van der Waals surface area contributed by atoms with Crippen molar-refractivity contribution in [2.45, 2.75) is 18.7 Å². The molecule has 5 nitrogen and oxygen atoms in total. The Morgan fingerprint density at radius 2 is 1.94 bits per heavy atom. The van der Waals surface area contributed by atoms with E-state index in [4.69, 9.17) is 10.8 Å². The van der Waals surface area contributed by atoms with Gasteiger partial charge in [0, 0.05) is 19.6 Å². The number of rotatable bonds is 7. The van der Waals surface area contributed by atoms with Crippen molar-refractivity contribution < 1.29 is 13.5 Å². The van der Waals surface area contributed by atoms with E-state index in [-0.39, 0.29) is 26.2 Å². The summed E-state index contributed by atoms with van der Waals surface area (Å²) < 4.78 is 25.7. The van der Waals surface area contributed by atoms with E-state index in [0.717, 1.165) is 5.56 Å². The first-order valence-corrected chi connectivity index (χ1v) is 7.36. The third-order valence-electron chi connectivity index (χ3n) is 2.75. The summed E-state index contributed by atoms with van der Waals surface area (Å²) in [6.07, 6.45) is 0. The third-order valence-corrected chi connectivity index (χ3v) is 4.99. The first kappa shape index (κ1) is 15.1. The molecule has 6 heteroatoms. The molecule has 0 saturated heterocycles. The van der Waals surface area contributed by atoms with Crippen LogP contribution in [0, 0.1) is 0 Å². The van der Waals surface area contributed by atoms with Gasteiger partial charge in [0.1, 0.15) is 0 Å². The summed E-state index contributed by atoms with van der Waals surface area (Å²) in [6.45, 7) is 1.78. The van der Waals surface area contributed by atoms with E-state index in [1.165, 1.54) is 4.31 Å². The number of hydrogen-bond acceptors (Lipinski definition) is 4. The van der Waals surface area contributed by atoms with Crippen molar-refractivity contribution in [3.8, 4) is 0 Å². The molecule has 1 atom stereocenters. The van der Waals surface area contributed by atoms with Crippen LogP contribution in [-0.2, 0) is 16.6 Å². The van der Waals surface area contributed by atoms with Crippen molar-refractivity contribution in [1.82, 2.24) is 4.31 Å². The molecule has 1 unspecified atom stereocenters. The molecule has 0 amide bonds. The fourth-order valence-electron chi connectivity index (χ4n) is 1.57. The average Bonchev–Trinajstić information content (AvgIpc) is 2.38. The Balaban J connectivity index is 2.90. The molecule has 1 rings (SSSR count). The number of aliphatic hydroxyl groups is 1. The first-order chi connectivity index (χ1) is 8.52. The summed E-state index contributed by atoms with van der Waals surface area (Å²) in [5, 5.41) is 8.35. The van der Waals surface area contributed by atoms with Crippen molar-refractivity contribution in [3.05, 3.63) is 35.9 Å². The molecule has 102 valence electrons. The second-order valence-electron chi connectivity index (χ2n) is 4.13. The molecule has 0 aliphatic carbocycles. The monoisotopic (exact) mass is 272 g/mol. The number of nitrogens with two attached hydrogens (primary N) is 1. The molecule has 0 heterocycles. The summed E-state index contributed by atoms with van der Waals surface area (Å²) in [5.41, 5.74) is 6.30. The van der Waals surface area contributed by atoms with Crippen LogP contribution in [0.5, 0.6) is 0 Å². The number of nitrogens with zero attached hydrogens (tertiary/aromatic N) is 1. The Kier molecular flexibility index (Phi) is 5.74. The Labute approximate surface area is 108 Å². The highest BCUT2D eigenvalue weighted by atomic mass is 32.2. The maximum Gasteiger partial charge on any atom is 0.218 e. The zero-order valence-corrected chi connectivity index (χ0v) is 11.3. The van der Waals surface area contributed by atoms with E-state index in [1.807, 2.05) is 30.3 Å². The topological polar surface area (TPSA) is 83.6 Å². The molecule has 0 aromatic heterocycles. The molecule has 0 spiro atoms. The second kappa shape index (κ2) is 6.84. The lowest BCUT2D eigenvalue weighted by atomic mass is 10.2. The molecule has 0 bridgehead atoms. The molecule has 0 aliphatic heterocycles. The number of hydrogen-bond donors (Lipinski definition) is 2. The van der Waals surface area contributed by atoms with Gasteiger partial charge in [0.2, 0.25) is 10.0 Å². The molecule has 0 aliphatic rings. The fourth-order valence-corrected chi connectivity index (χ4v) is 2.99. The quantitative estimate of drug-likeness (QED) is 0.740. The molecule has 0 saturated carbocycles. The lowest BCUT2D eigenvalue weighted by molar-refractivity contribution is 0.250. The van der Waals surface area contributed by atoms with Crippen molar-refractivity contribution in [3.63, 3.8) is 0 Å². The van der Waals surface area contributed by atoms with Gasteiger partial charge in [0.25, 0.3) is 0 Å². The number of benzene rings is 1. The minimum Gasteiger partial charge on any atom is -0.395 e. The van der Waals surface area contributed by atoms with Crippen molar-refractivity contribution in [2.75, 3.05) is 19.7 Å². The molecular weight excluding hydrogens is 252 g/mol. The van der Waals surface area contributed by atoms with Gasteiger partial charge >= 0.3 is 0 Å². The average molecular weight is 272 g/mol. The van der Waals surface area contributed by atoms with Gasteiger partial charge in [-0.2, -0.15) is 4.31 Å².